The number of carbonyl (C=O) groups excluding carboxylic acids is 2. The Bertz CT molecular complexity index is 1100. The molecule has 0 aliphatic heterocycles. The lowest BCUT2D eigenvalue weighted by molar-refractivity contribution is -0.140. The highest BCUT2D eigenvalue weighted by molar-refractivity contribution is 6.31. The smallest absolute Gasteiger partial charge is 0.243 e. The fraction of sp³-hybridized carbons (Fsp3) is 0.286. The molecule has 3 rings (SSSR count). The van der Waals surface area contributed by atoms with Crippen LogP contribution in [0.3, 0.4) is 0 Å². The summed E-state index contributed by atoms with van der Waals surface area (Å²) in [7, 11) is 0. The van der Waals surface area contributed by atoms with Crippen LogP contribution in [0.1, 0.15) is 30.5 Å². The van der Waals surface area contributed by atoms with E-state index in [4.69, 9.17) is 23.2 Å². The first kappa shape index (κ1) is 25.8. The van der Waals surface area contributed by atoms with Gasteiger partial charge < -0.3 is 10.2 Å². The summed E-state index contributed by atoms with van der Waals surface area (Å²) < 4.78 is 0. The molecule has 34 heavy (non-hydrogen) atoms. The number of nitrogens with one attached hydrogen (secondary N) is 1. The fourth-order valence-corrected chi connectivity index (χ4v) is 4.13. The first-order valence-electron chi connectivity index (χ1n) is 11.4. The second kappa shape index (κ2) is 12.6. The van der Waals surface area contributed by atoms with Gasteiger partial charge in [-0.25, -0.2) is 0 Å². The Hall–Kier alpha value is -2.82. The van der Waals surface area contributed by atoms with Gasteiger partial charge in [-0.3, -0.25) is 9.59 Å². The first-order valence-corrected chi connectivity index (χ1v) is 12.2. The molecule has 0 saturated carbocycles. The van der Waals surface area contributed by atoms with Crippen molar-refractivity contribution in [2.24, 2.45) is 5.92 Å². The Morgan fingerprint density at radius 3 is 2.24 bits per heavy atom. The summed E-state index contributed by atoms with van der Waals surface area (Å²) in [4.78, 5) is 28.8. The average Bonchev–Trinajstić information content (AvgIpc) is 2.82. The van der Waals surface area contributed by atoms with Gasteiger partial charge in [0.1, 0.15) is 6.04 Å². The van der Waals surface area contributed by atoms with E-state index in [0.29, 0.717) is 28.9 Å². The summed E-state index contributed by atoms with van der Waals surface area (Å²) in [5.74, 6) is -0.0534. The maximum absolute atomic E-state index is 13.7. The number of benzene rings is 3. The van der Waals surface area contributed by atoms with Crippen LogP contribution < -0.4 is 5.32 Å². The highest BCUT2D eigenvalue weighted by Crippen LogP contribution is 2.21. The Morgan fingerprint density at radius 2 is 1.56 bits per heavy atom. The minimum absolute atomic E-state index is 0.100. The van der Waals surface area contributed by atoms with Crippen molar-refractivity contribution < 1.29 is 9.59 Å². The van der Waals surface area contributed by atoms with E-state index in [-0.39, 0.29) is 24.8 Å². The van der Waals surface area contributed by atoms with Crippen molar-refractivity contribution in [1.29, 1.82) is 0 Å². The van der Waals surface area contributed by atoms with Crippen LogP contribution in [0.25, 0.3) is 0 Å². The molecule has 0 heterocycles. The number of hydrogen-bond acceptors (Lipinski definition) is 2. The Morgan fingerprint density at radius 1 is 0.882 bits per heavy atom. The molecule has 1 N–H and O–H groups in total. The van der Waals surface area contributed by atoms with Crippen LogP contribution in [-0.2, 0) is 29.0 Å². The lowest BCUT2D eigenvalue weighted by Crippen LogP contribution is -2.51. The molecule has 4 nitrogen and oxygen atoms in total. The Labute approximate surface area is 211 Å². The van der Waals surface area contributed by atoms with E-state index in [0.717, 1.165) is 16.7 Å². The van der Waals surface area contributed by atoms with E-state index in [1.54, 1.807) is 17.0 Å². The molecule has 6 heteroatoms. The summed E-state index contributed by atoms with van der Waals surface area (Å²) in [5.41, 5.74) is 2.56. The average molecular weight is 497 g/mol. The molecule has 0 bridgehead atoms. The summed E-state index contributed by atoms with van der Waals surface area (Å²) in [6.45, 7) is 4.88. The minimum Gasteiger partial charge on any atom is -0.354 e. The van der Waals surface area contributed by atoms with Gasteiger partial charge in [-0.2, -0.15) is 0 Å². The monoisotopic (exact) mass is 496 g/mol. The molecular weight excluding hydrogens is 467 g/mol. The summed E-state index contributed by atoms with van der Waals surface area (Å²) >= 11 is 12.6. The van der Waals surface area contributed by atoms with Crippen LogP contribution in [0.15, 0.2) is 78.9 Å². The number of rotatable bonds is 10. The van der Waals surface area contributed by atoms with Crippen LogP contribution in [0, 0.1) is 5.92 Å². The molecule has 2 amide bonds. The normalized spacial score (nSPS) is 11.8. The van der Waals surface area contributed by atoms with Crippen molar-refractivity contribution in [3.63, 3.8) is 0 Å². The minimum atomic E-state index is -0.685. The standard InChI is InChI=1S/C28H30Cl2N2O2/c1-20(2)18-31-28(34)26(16-21-9-4-3-5-10-21)32(19-22-11-8-13-24(29)15-22)27(33)17-23-12-6-7-14-25(23)30/h3-15,20,26H,16-19H2,1-2H3,(H,31,34)/t26-/m0/s1. The van der Waals surface area contributed by atoms with E-state index >= 15 is 0 Å². The third-order valence-electron chi connectivity index (χ3n) is 5.50. The topological polar surface area (TPSA) is 49.4 Å². The Balaban J connectivity index is 1.97. The van der Waals surface area contributed by atoms with Gasteiger partial charge in [0, 0.05) is 29.6 Å². The third kappa shape index (κ3) is 7.61. The highest BCUT2D eigenvalue weighted by Gasteiger charge is 2.30. The quantitative estimate of drug-likeness (QED) is 0.377. The van der Waals surface area contributed by atoms with E-state index in [1.165, 1.54) is 0 Å². The van der Waals surface area contributed by atoms with Crippen molar-refractivity contribution >= 4 is 35.0 Å². The lowest BCUT2D eigenvalue weighted by Gasteiger charge is -2.32. The zero-order chi connectivity index (χ0) is 24.5. The van der Waals surface area contributed by atoms with Gasteiger partial charge in [0.25, 0.3) is 0 Å². The maximum Gasteiger partial charge on any atom is 0.243 e. The molecule has 1 atom stereocenters. The van der Waals surface area contributed by atoms with E-state index in [9.17, 15) is 9.59 Å². The number of hydrogen-bond donors (Lipinski definition) is 1. The van der Waals surface area contributed by atoms with Crippen molar-refractivity contribution in [2.75, 3.05) is 6.54 Å². The molecule has 0 aromatic heterocycles. The Kier molecular flexibility index (Phi) is 9.55. The summed E-state index contributed by atoms with van der Waals surface area (Å²) in [5, 5.41) is 4.14. The molecule has 0 fully saturated rings. The predicted octanol–water partition coefficient (Wildman–Crippen LogP) is 5.95. The van der Waals surface area contributed by atoms with Crippen LogP contribution in [-0.4, -0.2) is 29.3 Å². The van der Waals surface area contributed by atoms with Gasteiger partial charge in [-0.15, -0.1) is 0 Å². The second-order valence-electron chi connectivity index (χ2n) is 8.76. The molecule has 0 aliphatic rings. The highest BCUT2D eigenvalue weighted by atomic mass is 35.5. The van der Waals surface area contributed by atoms with E-state index in [1.807, 2.05) is 80.6 Å². The molecule has 3 aromatic rings. The number of nitrogens with zero attached hydrogens (tertiary/aromatic N) is 1. The van der Waals surface area contributed by atoms with Gasteiger partial charge in [-0.1, -0.05) is 97.7 Å². The van der Waals surface area contributed by atoms with Crippen molar-refractivity contribution in [2.45, 2.75) is 39.3 Å². The van der Waals surface area contributed by atoms with Crippen molar-refractivity contribution in [1.82, 2.24) is 10.2 Å². The predicted molar refractivity (Wildman–Crippen MR) is 139 cm³/mol. The van der Waals surface area contributed by atoms with Crippen LogP contribution in [0.4, 0.5) is 0 Å². The molecular formula is C28H30Cl2N2O2. The zero-order valence-corrected chi connectivity index (χ0v) is 21.0. The summed E-state index contributed by atoms with van der Waals surface area (Å²) in [6, 6.07) is 23.7. The lowest BCUT2D eigenvalue weighted by atomic mass is 10.0. The number of halogens is 2. The molecule has 0 saturated heterocycles. The molecule has 0 unspecified atom stereocenters. The van der Waals surface area contributed by atoms with Gasteiger partial charge >= 0.3 is 0 Å². The molecule has 178 valence electrons. The molecule has 0 radical (unpaired) electrons. The molecule has 3 aromatic carbocycles. The first-order chi connectivity index (χ1) is 16.3. The third-order valence-corrected chi connectivity index (χ3v) is 6.10. The zero-order valence-electron chi connectivity index (χ0n) is 19.5. The molecule has 0 spiro atoms. The second-order valence-corrected chi connectivity index (χ2v) is 9.61. The van der Waals surface area contributed by atoms with Gasteiger partial charge in [0.05, 0.1) is 6.42 Å². The molecule has 0 aliphatic carbocycles. The van der Waals surface area contributed by atoms with Gasteiger partial charge in [0.15, 0.2) is 0 Å². The maximum atomic E-state index is 13.7. The number of carbonyl (C=O) groups is 2. The SMILES string of the molecule is CC(C)CNC(=O)[C@H](Cc1ccccc1)N(Cc1cccc(Cl)c1)C(=O)Cc1ccccc1Cl. The van der Waals surface area contributed by atoms with Crippen molar-refractivity contribution in [3.8, 4) is 0 Å². The van der Waals surface area contributed by atoms with Gasteiger partial charge in [-0.05, 0) is 40.8 Å². The van der Waals surface area contributed by atoms with E-state index < -0.39 is 6.04 Å². The van der Waals surface area contributed by atoms with Crippen LogP contribution >= 0.6 is 23.2 Å². The number of amides is 2. The van der Waals surface area contributed by atoms with E-state index in [2.05, 4.69) is 5.32 Å². The fourth-order valence-electron chi connectivity index (χ4n) is 3.71. The van der Waals surface area contributed by atoms with Gasteiger partial charge in [0.2, 0.25) is 11.8 Å². The van der Waals surface area contributed by atoms with Crippen LogP contribution in [0.2, 0.25) is 10.0 Å². The van der Waals surface area contributed by atoms with Crippen molar-refractivity contribution in [3.05, 3.63) is 106 Å². The van der Waals surface area contributed by atoms with Crippen LogP contribution in [0.5, 0.6) is 0 Å². The largest absolute Gasteiger partial charge is 0.354 e. The summed E-state index contributed by atoms with van der Waals surface area (Å²) in [6.07, 6.45) is 0.503.